The predicted molar refractivity (Wildman–Crippen MR) is 270 cm³/mol. The van der Waals surface area contributed by atoms with Crippen molar-refractivity contribution in [3.8, 4) is 23.7 Å². The van der Waals surface area contributed by atoms with Crippen molar-refractivity contribution in [2.45, 2.75) is 258 Å². The van der Waals surface area contributed by atoms with Gasteiger partial charge in [0.15, 0.2) is 0 Å². The van der Waals surface area contributed by atoms with Gasteiger partial charge >= 0.3 is 0 Å². The Morgan fingerprint density at radius 1 is 0.383 bits per heavy atom. The van der Waals surface area contributed by atoms with Crippen molar-refractivity contribution in [2.24, 2.45) is 9.98 Å². The second kappa shape index (κ2) is 41.3. The number of para-hydroxylation sites is 2. The molecule has 0 N–H and O–H groups in total. The first-order chi connectivity index (χ1) is 29.8. The Bertz CT molecular complexity index is 1460. The molecule has 334 valence electrons. The summed E-state index contributed by atoms with van der Waals surface area (Å²) in [7, 11) is 0. The third-order valence-corrected chi connectivity index (χ3v) is 11.9. The van der Waals surface area contributed by atoms with E-state index < -0.39 is 0 Å². The number of aliphatic imine (C=N–C) groups is 2. The maximum Gasteiger partial charge on any atom is 0.0665 e. The molecule has 2 rings (SSSR count). The Hall–Kier alpha value is -3.10. The molecule has 0 fully saturated rings. The van der Waals surface area contributed by atoms with E-state index in [0.717, 1.165) is 87.7 Å². The summed E-state index contributed by atoms with van der Waals surface area (Å²) in [6, 6.07) is 17.3. The van der Waals surface area contributed by atoms with E-state index in [4.69, 9.17) is 9.98 Å². The Kier molecular flexibility index (Phi) is 36.5. The summed E-state index contributed by atoms with van der Waals surface area (Å²) in [5, 5.41) is 0. The average Bonchev–Trinajstić information content (AvgIpc) is 3.27. The topological polar surface area (TPSA) is 24.7 Å². The minimum Gasteiger partial charge on any atom is -0.255 e. The lowest BCUT2D eigenvalue weighted by atomic mass is 10.0. The van der Waals surface area contributed by atoms with Gasteiger partial charge in [0.2, 0.25) is 0 Å². The molecular weight excluding hydrogens is 725 g/mol. The normalized spacial score (nSPS) is 11.5. The quantitative estimate of drug-likeness (QED) is 0.0366. The van der Waals surface area contributed by atoms with Gasteiger partial charge in [-0.3, -0.25) is 9.98 Å². The van der Waals surface area contributed by atoms with Crippen LogP contribution in [-0.4, -0.2) is 11.9 Å². The van der Waals surface area contributed by atoms with Gasteiger partial charge in [-0.05, 0) is 74.6 Å². The standard InChI is InChI=1S/C58H92N2/c1-4-7-10-12-14-16-18-20-22-24-26-28-30-32-34-36-38-40-46-54-48-42-44-51-57(54)59-53-56(50-9-6-3)60-58-52-45-43-49-55(58)47-41-39-37-35-33-31-29-27-25-23-21-19-17-15-13-11-8-5-2/h42-45,48-49,51-53H,4-33,38-41,46-47,50H2,1-3H3. The highest BCUT2D eigenvalue weighted by molar-refractivity contribution is 6.31. The van der Waals surface area contributed by atoms with Crippen molar-refractivity contribution in [1.29, 1.82) is 0 Å². The van der Waals surface area contributed by atoms with Crippen molar-refractivity contribution in [1.82, 2.24) is 0 Å². The van der Waals surface area contributed by atoms with Crippen LogP contribution in [0.1, 0.15) is 257 Å². The molecule has 60 heavy (non-hydrogen) atoms. The van der Waals surface area contributed by atoms with Crippen LogP contribution in [0.4, 0.5) is 11.4 Å². The zero-order valence-corrected chi connectivity index (χ0v) is 39.8. The van der Waals surface area contributed by atoms with Crippen LogP contribution < -0.4 is 0 Å². The van der Waals surface area contributed by atoms with Crippen LogP contribution >= 0.6 is 0 Å². The summed E-state index contributed by atoms with van der Waals surface area (Å²) in [4.78, 5) is 10.2. The highest BCUT2D eigenvalue weighted by atomic mass is 14.8. The van der Waals surface area contributed by atoms with Crippen LogP contribution in [0.15, 0.2) is 58.5 Å². The first-order valence-corrected chi connectivity index (χ1v) is 26.0. The fourth-order valence-corrected chi connectivity index (χ4v) is 8.04. The molecule has 0 amide bonds. The zero-order chi connectivity index (χ0) is 42.7. The third-order valence-electron chi connectivity index (χ3n) is 11.9. The van der Waals surface area contributed by atoms with Gasteiger partial charge in [0.25, 0.3) is 0 Å². The molecule has 0 saturated carbocycles. The van der Waals surface area contributed by atoms with Gasteiger partial charge in [0, 0.05) is 31.9 Å². The van der Waals surface area contributed by atoms with Crippen molar-refractivity contribution in [3.05, 3.63) is 59.7 Å². The summed E-state index contributed by atoms with van der Waals surface area (Å²) >= 11 is 0. The molecular formula is C58H92N2. The minimum atomic E-state index is 0.940. The molecule has 2 nitrogen and oxygen atoms in total. The molecule has 2 heteroatoms. The highest BCUT2D eigenvalue weighted by Crippen LogP contribution is 2.24. The average molecular weight is 817 g/mol. The van der Waals surface area contributed by atoms with Crippen LogP contribution in [0.2, 0.25) is 0 Å². The summed E-state index contributed by atoms with van der Waals surface area (Å²) in [5.74, 6) is 13.8. The maximum absolute atomic E-state index is 5.20. The molecule has 0 aliphatic heterocycles. The number of hydrogen-bond donors (Lipinski definition) is 0. The predicted octanol–water partition coefficient (Wildman–Crippen LogP) is 19.0. The minimum absolute atomic E-state index is 0.940. The monoisotopic (exact) mass is 817 g/mol. The summed E-state index contributed by atoms with van der Waals surface area (Å²) < 4.78 is 0. The van der Waals surface area contributed by atoms with E-state index in [2.05, 4.69) is 93.0 Å². The molecule has 0 heterocycles. The summed E-state index contributed by atoms with van der Waals surface area (Å²) in [6.45, 7) is 6.85. The largest absolute Gasteiger partial charge is 0.255 e. The maximum atomic E-state index is 5.20. The molecule has 0 aliphatic carbocycles. The molecule has 0 aliphatic rings. The Balaban J connectivity index is 1.68. The van der Waals surface area contributed by atoms with Crippen molar-refractivity contribution >= 4 is 23.3 Å². The highest BCUT2D eigenvalue weighted by Gasteiger charge is 2.05. The van der Waals surface area contributed by atoms with Crippen LogP contribution in [0.3, 0.4) is 0 Å². The first-order valence-electron chi connectivity index (χ1n) is 26.0. The molecule has 0 radical (unpaired) electrons. The SMILES string of the molecule is CCCCCCCCCCCCCCCC#CCCCc1ccccc1N=CC(CCCC)=Nc1ccccc1CCCC#CCCCCCCCCCCCCCCC. The molecule has 0 spiro atoms. The molecule has 0 saturated heterocycles. The molecule has 0 unspecified atom stereocenters. The second-order valence-electron chi connectivity index (χ2n) is 17.6. The van der Waals surface area contributed by atoms with Crippen LogP contribution in [0, 0.1) is 23.7 Å². The Morgan fingerprint density at radius 3 is 1.13 bits per heavy atom. The Morgan fingerprint density at radius 2 is 0.717 bits per heavy atom. The van der Waals surface area contributed by atoms with Gasteiger partial charge in [0.05, 0.1) is 17.1 Å². The van der Waals surface area contributed by atoms with Crippen LogP contribution in [0.5, 0.6) is 0 Å². The lowest BCUT2D eigenvalue weighted by Gasteiger charge is -2.08. The number of nitrogens with zero attached hydrogens (tertiary/aromatic N) is 2. The van der Waals surface area contributed by atoms with E-state index in [1.807, 2.05) is 6.21 Å². The van der Waals surface area contributed by atoms with Gasteiger partial charge in [-0.15, -0.1) is 23.7 Å². The molecule has 0 atom stereocenters. The second-order valence-corrected chi connectivity index (χ2v) is 17.6. The van der Waals surface area contributed by atoms with Gasteiger partial charge < -0.3 is 0 Å². The third kappa shape index (κ3) is 30.9. The van der Waals surface area contributed by atoms with Crippen molar-refractivity contribution < 1.29 is 0 Å². The van der Waals surface area contributed by atoms with Gasteiger partial charge in [-0.25, -0.2) is 0 Å². The number of unbranched alkanes of at least 4 members (excludes halogenated alkanes) is 29. The molecule has 2 aromatic rings. The fraction of sp³-hybridized carbons (Fsp3) is 0.690. The molecule has 2 aromatic carbocycles. The number of rotatable bonds is 38. The lowest BCUT2D eigenvalue weighted by molar-refractivity contribution is 0.540. The van der Waals surface area contributed by atoms with E-state index in [-0.39, 0.29) is 0 Å². The molecule has 0 aromatic heterocycles. The van der Waals surface area contributed by atoms with E-state index in [9.17, 15) is 0 Å². The zero-order valence-electron chi connectivity index (χ0n) is 39.8. The summed E-state index contributed by atoms with van der Waals surface area (Å²) in [6.07, 6.45) is 49.8. The van der Waals surface area contributed by atoms with E-state index in [0.29, 0.717) is 0 Å². The Labute approximate surface area is 373 Å². The number of benzene rings is 2. The van der Waals surface area contributed by atoms with Crippen LogP contribution in [0.25, 0.3) is 0 Å². The van der Waals surface area contributed by atoms with Crippen LogP contribution in [-0.2, 0) is 12.8 Å². The van der Waals surface area contributed by atoms with Gasteiger partial charge in [0.1, 0.15) is 0 Å². The van der Waals surface area contributed by atoms with Crippen molar-refractivity contribution in [3.63, 3.8) is 0 Å². The van der Waals surface area contributed by atoms with E-state index in [1.165, 1.54) is 178 Å². The first kappa shape index (κ1) is 53.0. The molecule has 0 bridgehead atoms. The fourth-order valence-electron chi connectivity index (χ4n) is 8.04. The van der Waals surface area contributed by atoms with E-state index in [1.54, 1.807) is 0 Å². The van der Waals surface area contributed by atoms with E-state index >= 15 is 0 Å². The number of hydrogen-bond acceptors (Lipinski definition) is 2. The van der Waals surface area contributed by atoms with Crippen molar-refractivity contribution in [2.75, 3.05) is 0 Å². The lowest BCUT2D eigenvalue weighted by Crippen LogP contribution is -2.00. The summed E-state index contributed by atoms with van der Waals surface area (Å²) in [5.41, 5.74) is 5.83. The van der Waals surface area contributed by atoms with Gasteiger partial charge in [-0.2, -0.15) is 0 Å². The smallest absolute Gasteiger partial charge is 0.0665 e. The van der Waals surface area contributed by atoms with Gasteiger partial charge in [-0.1, -0.05) is 218 Å². The number of aryl methyl sites for hydroxylation is 2.